The van der Waals surface area contributed by atoms with Crippen LogP contribution in [0.25, 0.3) is 0 Å². The molecular formula is C14H19BrO4S. The first-order chi connectivity index (χ1) is 9.38. The molecule has 0 radical (unpaired) electrons. The smallest absolute Gasteiger partial charge is 0.335 e. The molecule has 0 spiro atoms. The van der Waals surface area contributed by atoms with Crippen molar-refractivity contribution in [2.75, 3.05) is 5.75 Å². The summed E-state index contributed by atoms with van der Waals surface area (Å²) in [7, 11) is -3.44. The van der Waals surface area contributed by atoms with Crippen LogP contribution in [0.2, 0.25) is 0 Å². The van der Waals surface area contributed by atoms with Gasteiger partial charge in [0, 0.05) is 4.47 Å². The number of hydrogen-bond donors (Lipinski definition) is 1. The SMILES string of the molecule is CCCCCCCS(=O)(=O)c1cc(C(=O)O)ccc1Br. The summed E-state index contributed by atoms with van der Waals surface area (Å²) in [5, 5.41) is 8.93. The maximum Gasteiger partial charge on any atom is 0.335 e. The highest BCUT2D eigenvalue weighted by atomic mass is 79.9. The topological polar surface area (TPSA) is 71.4 Å². The first-order valence-corrected chi connectivity index (χ1v) is 9.08. The fraction of sp³-hybridized carbons (Fsp3) is 0.500. The molecule has 0 bridgehead atoms. The minimum absolute atomic E-state index is 0.0160. The van der Waals surface area contributed by atoms with E-state index < -0.39 is 15.8 Å². The Morgan fingerprint density at radius 1 is 1.20 bits per heavy atom. The molecule has 0 heterocycles. The summed E-state index contributed by atoms with van der Waals surface area (Å²) >= 11 is 3.18. The molecule has 0 fully saturated rings. The Morgan fingerprint density at radius 2 is 1.85 bits per heavy atom. The third kappa shape index (κ3) is 4.90. The van der Waals surface area contributed by atoms with Crippen molar-refractivity contribution in [3.05, 3.63) is 28.2 Å². The van der Waals surface area contributed by atoms with Gasteiger partial charge in [0.15, 0.2) is 9.84 Å². The lowest BCUT2D eigenvalue weighted by Gasteiger charge is -2.08. The second-order valence-corrected chi connectivity index (χ2v) is 7.62. The monoisotopic (exact) mass is 362 g/mol. The van der Waals surface area contributed by atoms with Crippen molar-refractivity contribution in [3.8, 4) is 0 Å². The number of sulfone groups is 1. The molecule has 0 amide bonds. The standard InChI is InChI=1S/C14H19BrO4S/c1-2-3-4-5-6-9-20(18,19)13-10-11(14(16)17)7-8-12(13)15/h7-8,10H,2-6,9H2,1H3,(H,16,17). The Bertz CT molecular complexity index is 567. The fourth-order valence-electron chi connectivity index (χ4n) is 1.88. The van der Waals surface area contributed by atoms with E-state index in [2.05, 4.69) is 22.9 Å². The summed E-state index contributed by atoms with van der Waals surface area (Å²) in [4.78, 5) is 11.0. The van der Waals surface area contributed by atoms with Gasteiger partial charge >= 0.3 is 5.97 Å². The molecule has 1 aromatic carbocycles. The molecule has 0 aliphatic carbocycles. The van der Waals surface area contributed by atoms with E-state index in [4.69, 9.17) is 5.11 Å². The molecule has 20 heavy (non-hydrogen) atoms. The van der Waals surface area contributed by atoms with Gasteiger partial charge in [-0.15, -0.1) is 0 Å². The molecule has 0 unspecified atom stereocenters. The van der Waals surface area contributed by atoms with Crippen LogP contribution >= 0.6 is 15.9 Å². The number of carboxylic acid groups (broad SMARTS) is 1. The van der Waals surface area contributed by atoms with Crippen LogP contribution in [-0.4, -0.2) is 25.2 Å². The summed E-state index contributed by atoms with van der Waals surface area (Å²) in [6.45, 7) is 2.10. The molecule has 112 valence electrons. The number of hydrogen-bond acceptors (Lipinski definition) is 3. The van der Waals surface area contributed by atoms with Gasteiger partial charge in [0.25, 0.3) is 0 Å². The zero-order valence-electron chi connectivity index (χ0n) is 11.4. The van der Waals surface area contributed by atoms with Crippen molar-refractivity contribution in [3.63, 3.8) is 0 Å². The van der Waals surface area contributed by atoms with Crippen molar-refractivity contribution >= 4 is 31.7 Å². The Balaban J connectivity index is 2.81. The highest BCUT2D eigenvalue weighted by Gasteiger charge is 2.19. The molecule has 4 nitrogen and oxygen atoms in total. The predicted molar refractivity (Wildman–Crippen MR) is 81.9 cm³/mol. The Hall–Kier alpha value is -0.880. The minimum atomic E-state index is -3.44. The second kappa shape index (κ2) is 7.78. The molecule has 0 saturated carbocycles. The Labute approximate surface area is 128 Å². The number of benzene rings is 1. The van der Waals surface area contributed by atoms with Gasteiger partial charge in [0.1, 0.15) is 0 Å². The van der Waals surface area contributed by atoms with Gasteiger partial charge in [-0.05, 0) is 40.5 Å². The molecule has 1 rings (SSSR count). The predicted octanol–water partition coefficient (Wildman–Crippen LogP) is 3.89. The van der Waals surface area contributed by atoms with Gasteiger partial charge in [-0.2, -0.15) is 0 Å². The van der Waals surface area contributed by atoms with Crippen molar-refractivity contribution in [1.82, 2.24) is 0 Å². The van der Waals surface area contributed by atoms with Crippen LogP contribution in [-0.2, 0) is 9.84 Å². The van der Waals surface area contributed by atoms with E-state index in [1.54, 1.807) is 0 Å². The fourth-order valence-corrected chi connectivity index (χ4v) is 4.34. The molecular weight excluding hydrogens is 344 g/mol. The molecule has 0 atom stereocenters. The molecule has 6 heteroatoms. The van der Waals surface area contributed by atoms with E-state index in [9.17, 15) is 13.2 Å². The molecule has 1 N–H and O–H groups in total. The van der Waals surface area contributed by atoms with E-state index in [1.807, 2.05) is 0 Å². The highest BCUT2D eigenvalue weighted by Crippen LogP contribution is 2.25. The van der Waals surface area contributed by atoms with Gasteiger partial charge in [-0.25, -0.2) is 13.2 Å². The van der Waals surface area contributed by atoms with E-state index in [0.29, 0.717) is 10.9 Å². The summed E-state index contributed by atoms with van der Waals surface area (Å²) < 4.78 is 24.9. The first kappa shape index (κ1) is 17.2. The van der Waals surface area contributed by atoms with Crippen LogP contribution in [0.1, 0.15) is 49.4 Å². The number of carboxylic acids is 1. The zero-order chi connectivity index (χ0) is 15.2. The summed E-state index contributed by atoms with van der Waals surface area (Å²) in [5.41, 5.74) is -0.0160. The van der Waals surface area contributed by atoms with Crippen molar-refractivity contribution in [1.29, 1.82) is 0 Å². The Morgan fingerprint density at radius 3 is 2.45 bits per heavy atom. The number of carbonyl (C=O) groups is 1. The van der Waals surface area contributed by atoms with E-state index >= 15 is 0 Å². The van der Waals surface area contributed by atoms with Gasteiger partial charge in [0.05, 0.1) is 16.2 Å². The quantitative estimate of drug-likeness (QED) is 0.712. The maximum absolute atomic E-state index is 12.2. The first-order valence-electron chi connectivity index (χ1n) is 6.64. The zero-order valence-corrected chi connectivity index (χ0v) is 13.8. The van der Waals surface area contributed by atoms with Gasteiger partial charge in [-0.3, -0.25) is 0 Å². The Kier molecular flexibility index (Phi) is 6.68. The lowest BCUT2D eigenvalue weighted by atomic mass is 10.2. The average Bonchev–Trinajstić information content (AvgIpc) is 2.38. The highest BCUT2D eigenvalue weighted by molar-refractivity contribution is 9.10. The molecule has 0 aliphatic rings. The second-order valence-electron chi connectivity index (χ2n) is 4.68. The third-order valence-electron chi connectivity index (χ3n) is 3.03. The van der Waals surface area contributed by atoms with E-state index in [0.717, 1.165) is 25.7 Å². The number of aromatic carboxylic acids is 1. The molecule has 1 aromatic rings. The maximum atomic E-state index is 12.2. The van der Waals surface area contributed by atoms with Gasteiger partial charge in [-0.1, -0.05) is 32.6 Å². The van der Waals surface area contributed by atoms with Crippen LogP contribution in [0.15, 0.2) is 27.6 Å². The van der Waals surface area contributed by atoms with Crippen LogP contribution in [0.4, 0.5) is 0 Å². The molecule has 0 saturated heterocycles. The van der Waals surface area contributed by atoms with Crippen LogP contribution in [0, 0.1) is 0 Å². The lowest BCUT2D eigenvalue weighted by molar-refractivity contribution is 0.0696. The largest absolute Gasteiger partial charge is 0.478 e. The average molecular weight is 363 g/mol. The molecule has 0 aliphatic heterocycles. The summed E-state index contributed by atoms with van der Waals surface area (Å²) in [5.74, 6) is -1.07. The summed E-state index contributed by atoms with van der Waals surface area (Å²) in [6, 6.07) is 4.06. The van der Waals surface area contributed by atoms with Gasteiger partial charge in [0.2, 0.25) is 0 Å². The summed E-state index contributed by atoms with van der Waals surface area (Å²) in [6.07, 6.45) is 4.73. The lowest BCUT2D eigenvalue weighted by Crippen LogP contribution is -2.09. The normalized spacial score (nSPS) is 11.5. The number of unbranched alkanes of at least 4 members (excludes halogenated alkanes) is 4. The van der Waals surface area contributed by atoms with Crippen LogP contribution < -0.4 is 0 Å². The van der Waals surface area contributed by atoms with E-state index in [1.165, 1.54) is 18.2 Å². The number of rotatable bonds is 8. The van der Waals surface area contributed by atoms with Gasteiger partial charge < -0.3 is 5.11 Å². The van der Waals surface area contributed by atoms with Crippen molar-refractivity contribution in [2.45, 2.75) is 43.9 Å². The third-order valence-corrected chi connectivity index (χ3v) is 5.82. The van der Waals surface area contributed by atoms with Crippen molar-refractivity contribution in [2.24, 2.45) is 0 Å². The number of halogens is 1. The minimum Gasteiger partial charge on any atom is -0.478 e. The van der Waals surface area contributed by atoms with Crippen LogP contribution in [0.5, 0.6) is 0 Å². The van der Waals surface area contributed by atoms with E-state index in [-0.39, 0.29) is 16.2 Å². The van der Waals surface area contributed by atoms with Crippen LogP contribution in [0.3, 0.4) is 0 Å². The van der Waals surface area contributed by atoms with Crippen molar-refractivity contribution < 1.29 is 18.3 Å². The molecule has 0 aromatic heterocycles.